The molecule has 0 aromatic heterocycles. The van der Waals surface area contributed by atoms with E-state index in [1.54, 1.807) is 0 Å². The van der Waals surface area contributed by atoms with E-state index in [1.807, 2.05) is 21.6 Å². The van der Waals surface area contributed by atoms with Crippen molar-refractivity contribution in [1.82, 2.24) is 0 Å². The zero-order valence-corrected chi connectivity index (χ0v) is 10.7. The van der Waals surface area contributed by atoms with Crippen molar-refractivity contribution in [1.29, 1.82) is 0 Å². The SMILES string of the molecule is C1=CSSC1.OCC1(CO)CCCCC1. The van der Waals surface area contributed by atoms with Crippen molar-refractivity contribution in [3.8, 4) is 0 Å². The highest BCUT2D eigenvalue weighted by Gasteiger charge is 2.30. The molecule has 1 heterocycles. The van der Waals surface area contributed by atoms with Crippen molar-refractivity contribution in [2.45, 2.75) is 32.1 Å². The summed E-state index contributed by atoms with van der Waals surface area (Å²) >= 11 is 0. The minimum absolute atomic E-state index is 0.127. The zero-order valence-electron chi connectivity index (χ0n) is 9.02. The van der Waals surface area contributed by atoms with Crippen LogP contribution in [-0.4, -0.2) is 29.2 Å². The van der Waals surface area contributed by atoms with Crippen LogP contribution in [0, 0.1) is 5.41 Å². The van der Waals surface area contributed by atoms with Crippen LogP contribution in [0.15, 0.2) is 11.5 Å². The number of hydrogen-bond donors (Lipinski definition) is 2. The molecule has 0 spiro atoms. The van der Waals surface area contributed by atoms with Gasteiger partial charge in [-0.15, -0.1) is 0 Å². The maximum atomic E-state index is 8.98. The van der Waals surface area contributed by atoms with Gasteiger partial charge in [-0.25, -0.2) is 0 Å². The summed E-state index contributed by atoms with van der Waals surface area (Å²) in [7, 11) is 3.69. The van der Waals surface area contributed by atoms with Crippen LogP contribution in [0.2, 0.25) is 0 Å². The Balaban J connectivity index is 0.000000187. The van der Waals surface area contributed by atoms with Crippen molar-refractivity contribution >= 4 is 21.6 Å². The van der Waals surface area contributed by atoms with E-state index in [-0.39, 0.29) is 18.6 Å². The van der Waals surface area contributed by atoms with Crippen molar-refractivity contribution in [3.63, 3.8) is 0 Å². The highest BCUT2D eigenvalue weighted by atomic mass is 33.1. The van der Waals surface area contributed by atoms with E-state index >= 15 is 0 Å². The van der Waals surface area contributed by atoms with Crippen LogP contribution < -0.4 is 0 Å². The van der Waals surface area contributed by atoms with Crippen LogP contribution in [0.25, 0.3) is 0 Å². The van der Waals surface area contributed by atoms with E-state index in [1.165, 1.54) is 25.0 Å². The molecule has 4 heteroatoms. The lowest BCUT2D eigenvalue weighted by Crippen LogP contribution is -2.31. The summed E-state index contributed by atoms with van der Waals surface area (Å²) in [4.78, 5) is 0. The fourth-order valence-corrected chi connectivity index (χ4v) is 3.44. The molecule has 15 heavy (non-hydrogen) atoms. The molecule has 1 saturated carbocycles. The number of aliphatic hydroxyl groups excluding tert-OH is 2. The Morgan fingerprint density at radius 1 is 1.07 bits per heavy atom. The topological polar surface area (TPSA) is 40.5 Å². The van der Waals surface area contributed by atoms with Gasteiger partial charge in [0.2, 0.25) is 0 Å². The van der Waals surface area contributed by atoms with Crippen molar-refractivity contribution in [3.05, 3.63) is 11.5 Å². The lowest BCUT2D eigenvalue weighted by atomic mass is 9.75. The second-order valence-electron chi connectivity index (χ2n) is 4.13. The second kappa shape index (κ2) is 7.60. The summed E-state index contributed by atoms with van der Waals surface area (Å²) in [6.07, 6.45) is 7.76. The van der Waals surface area contributed by atoms with Crippen LogP contribution in [0.5, 0.6) is 0 Å². The molecule has 0 radical (unpaired) electrons. The largest absolute Gasteiger partial charge is 0.396 e. The Hall–Kier alpha value is 0.360. The molecule has 88 valence electrons. The third kappa shape index (κ3) is 4.81. The molecule has 0 bridgehead atoms. The molecule has 2 nitrogen and oxygen atoms in total. The van der Waals surface area contributed by atoms with Crippen molar-refractivity contribution in [2.24, 2.45) is 5.41 Å². The van der Waals surface area contributed by atoms with Gasteiger partial charge in [-0.2, -0.15) is 0 Å². The molecular weight excluding hydrogens is 228 g/mol. The minimum atomic E-state index is -0.127. The first-order valence-corrected chi connectivity index (χ1v) is 7.86. The summed E-state index contributed by atoms with van der Waals surface area (Å²) in [6, 6.07) is 0. The summed E-state index contributed by atoms with van der Waals surface area (Å²) in [6.45, 7) is 0.312. The quantitative estimate of drug-likeness (QED) is 0.737. The van der Waals surface area contributed by atoms with Gasteiger partial charge >= 0.3 is 0 Å². The summed E-state index contributed by atoms with van der Waals surface area (Å²) in [5.41, 5.74) is -0.127. The number of hydrogen-bond acceptors (Lipinski definition) is 4. The Labute approximate surface area is 99.9 Å². The van der Waals surface area contributed by atoms with E-state index in [9.17, 15) is 0 Å². The first-order chi connectivity index (χ1) is 7.33. The lowest BCUT2D eigenvalue weighted by Gasteiger charge is -2.33. The van der Waals surface area contributed by atoms with Crippen LogP contribution >= 0.6 is 21.6 Å². The van der Waals surface area contributed by atoms with E-state index in [4.69, 9.17) is 10.2 Å². The Morgan fingerprint density at radius 2 is 1.73 bits per heavy atom. The highest BCUT2D eigenvalue weighted by molar-refractivity contribution is 8.78. The average molecular weight is 248 g/mol. The predicted molar refractivity (Wildman–Crippen MR) is 68.9 cm³/mol. The average Bonchev–Trinajstić information content (AvgIpc) is 2.89. The van der Waals surface area contributed by atoms with Gasteiger partial charge < -0.3 is 10.2 Å². The van der Waals surface area contributed by atoms with Gasteiger partial charge in [0.05, 0.1) is 13.2 Å². The van der Waals surface area contributed by atoms with Crippen LogP contribution in [0.1, 0.15) is 32.1 Å². The van der Waals surface area contributed by atoms with Gasteiger partial charge in [0.25, 0.3) is 0 Å². The fourth-order valence-electron chi connectivity index (χ4n) is 1.86. The Morgan fingerprint density at radius 3 is 2.00 bits per heavy atom. The fraction of sp³-hybridized carbons (Fsp3) is 0.818. The molecule has 0 atom stereocenters. The number of rotatable bonds is 2. The lowest BCUT2D eigenvalue weighted by molar-refractivity contribution is 0.0234. The van der Waals surface area contributed by atoms with Crippen molar-refractivity contribution in [2.75, 3.05) is 19.0 Å². The summed E-state index contributed by atoms with van der Waals surface area (Å²) in [5, 5.41) is 20.1. The maximum absolute atomic E-state index is 8.98. The van der Waals surface area contributed by atoms with Crippen molar-refractivity contribution < 1.29 is 10.2 Å². The molecule has 0 aromatic carbocycles. The van der Waals surface area contributed by atoms with E-state index in [2.05, 4.69) is 11.5 Å². The molecule has 1 aliphatic carbocycles. The second-order valence-corrected chi connectivity index (χ2v) is 6.45. The van der Waals surface area contributed by atoms with Gasteiger partial charge in [-0.3, -0.25) is 0 Å². The minimum Gasteiger partial charge on any atom is -0.396 e. The van der Waals surface area contributed by atoms with Gasteiger partial charge in [0, 0.05) is 11.2 Å². The molecule has 2 rings (SSSR count). The maximum Gasteiger partial charge on any atom is 0.0509 e. The Kier molecular flexibility index (Phi) is 6.81. The molecule has 2 aliphatic rings. The van der Waals surface area contributed by atoms with Gasteiger partial charge in [0.1, 0.15) is 0 Å². The Bertz CT molecular complexity index is 177. The molecule has 0 amide bonds. The van der Waals surface area contributed by atoms with Gasteiger partial charge in [-0.05, 0) is 18.2 Å². The first kappa shape index (κ1) is 13.4. The standard InChI is InChI=1S/C8H16O2.C3H4S2/c9-6-8(7-10)4-2-1-3-5-8;1-2-4-5-3-1/h9-10H,1-7H2;1-2H,3H2. The molecular formula is C11H20O2S2. The van der Waals surface area contributed by atoms with E-state index in [0.717, 1.165) is 12.8 Å². The molecule has 2 N–H and O–H groups in total. The molecule has 0 unspecified atom stereocenters. The zero-order chi connectivity index (χ0) is 11.0. The van der Waals surface area contributed by atoms with Crippen LogP contribution in [0.3, 0.4) is 0 Å². The van der Waals surface area contributed by atoms with E-state index < -0.39 is 0 Å². The van der Waals surface area contributed by atoms with Crippen LogP contribution in [-0.2, 0) is 0 Å². The predicted octanol–water partition coefficient (Wildman–Crippen LogP) is 2.82. The summed E-state index contributed by atoms with van der Waals surface area (Å²) in [5.74, 6) is 1.20. The molecule has 0 aromatic rings. The first-order valence-electron chi connectivity index (χ1n) is 5.48. The third-order valence-corrected chi connectivity index (χ3v) is 4.89. The van der Waals surface area contributed by atoms with Gasteiger partial charge in [0.15, 0.2) is 0 Å². The molecule has 1 fully saturated rings. The third-order valence-electron chi connectivity index (χ3n) is 2.97. The van der Waals surface area contributed by atoms with Gasteiger partial charge in [-0.1, -0.05) is 46.9 Å². The smallest absolute Gasteiger partial charge is 0.0509 e. The van der Waals surface area contributed by atoms with Crippen LogP contribution in [0.4, 0.5) is 0 Å². The molecule has 1 aliphatic heterocycles. The van der Waals surface area contributed by atoms with E-state index in [0.29, 0.717) is 0 Å². The molecule has 0 saturated heterocycles. The highest BCUT2D eigenvalue weighted by Crippen LogP contribution is 2.34. The summed E-state index contributed by atoms with van der Waals surface area (Å²) < 4.78 is 0. The normalized spacial score (nSPS) is 23.3. The number of aliphatic hydroxyl groups is 2. The monoisotopic (exact) mass is 248 g/mol.